The van der Waals surface area contributed by atoms with E-state index < -0.39 is 18.0 Å². The van der Waals surface area contributed by atoms with Crippen molar-refractivity contribution >= 4 is 23.6 Å². The van der Waals surface area contributed by atoms with Gasteiger partial charge in [-0.25, -0.2) is 0 Å². The Labute approximate surface area is 124 Å². The van der Waals surface area contributed by atoms with E-state index in [1.807, 2.05) is 0 Å². The minimum Gasteiger partial charge on any atom is -0.464 e. The Morgan fingerprint density at radius 2 is 1.33 bits per heavy atom. The third kappa shape index (κ3) is 8.06. The van der Waals surface area contributed by atoms with Crippen LogP contribution in [0.3, 0.4) is 0 Å². The van der Waals surface area contributed by atoms with Gasteiger partial charge >= 0.3 is 11.9 Å². The molecule has 0 aliphatic carbocycles. The predicted octanol–water partition coefficient (Wildman–Crippen LogP) is 0.555. The van der Waals surface area contributed by atoms with Crippen molar-refractivity contribution < 1.29 is 28.7 Å². The van der Waals surface area contributed by atoms with Crippen LogP contribution in [0.4, 0.5) is 0 Å². The molecule has 0 aliphatic heterocycles. The number of hydrogen-bond donors (Lipinski definition) is 0. The lowest BCUT2D eigenvalue weighted by molar-refractivity contribution is -0.152. The highest BCUT2D eigenvalue weighted by atomic mass is 16.5. The first-order valence-electron chi connectivity index (χ1n) is 6.71. The summed E-state index contributed by atoms with van der Waals surface area (Å²) in [6, 6.07) is -0.682. The lowest BCUT2D eigenvalue weighted by Gasteiger charge is -2.30. The minimum atomic E-state index is -0.682. The van der Waals surface area contributed by atoms with Gasteiger partial charge in [0, 0.05) is 26.7 Å². The molecule has 21 heavy (non-hydrogen) atoms. The maximum absolute atomic E-state index is 11.8. The van der Waals surface area contributed by atoms with E-state index in [2.05, 4.69) is 0 Å². The molecule has 0 saturated heterocycles. The number of ether oxygens (including phenoxy) is 2. The third-order valence-electron chi connectivity index (χ3n) is 2.77. The number of amides is 1. The zero-order chi connectivity index (χ0) is 16.6. The van der Waals surface area contributed by atoms with E-state index >= 15 is 0 Å². The first-order valence-corrected chi connectivity index (χ1v) is 6.71. The van der Waals surface area contributed by atoms with E-state index in [0.717, 1.165) is 0 Å². The van der Waals surface area contributed by atoms with Gasteiger partial charge < -0.3 is 14.4 Å². The summed E-state index contributed by atoms with van der Waals surface area (Å²) in [5.74, 6) is -1.73. The molecule has 0 aliphatic rings. The van der Waals surface area contributed by atoms with Gasteiger partial charge in [-0.1, -0.05) is 13.8 Å². The Morgan fingerprint density at radius 1 is 0.905 bits per heavy atom. The number of hydrogen-bond acceptors (Lipinski definition) is 6. The first-order chi connectivity index (χ1) is 9.65. The minimum absolute atomic E-state index is 0.111. The summed E-state index contributed by atoms with van der Waals surface area (Å²) in [6.07, 6.45) is 0. The van der Waals surface area contributed by atoms with Crippen LogP contribution in [0, 0.1) is 5.92 Å². The molecule has 0 N–H and O–H groups in total. The Bertz CT molecular complexity index is 386. The molecule has 1 amide bonds. The van der Waals surface area contributed by atoms with Crippen LogP contribution in [0.1, 0.15) is 34.6 Å². The van der Waals surface area contributed by atoms with Gasteiger partial charge in [0.1, 0.15) is 19.3 Å². The van der Waals surface area contributed by atoms with E-state index in [1.165, 1.54) is 25.7 Å². The maximum Gasteiger partial charge on any atom is 0.302 e. The van der Waals surface area contributed by atoms with E-state index in [-0.39, 0.29) is 37.4 Å². The highest BCUT2D eigenvalue weighted by molar-refractivity contribution is 5.86. The highest BCUT2D eigenvalue weighted by Gasteiger charge is 2.26. The van der Waals surface area contributed by atoms with Gasteiger partial charge in [0.2, 0.25) is 5.91 Å². The average molecular weight is 301 g/mol. The molecular weight excluding hydrogens is 278 g/mol. The van der Waals surface area contributed by atoms with Crippen molar-refractivity contribution in [1.29, 1.82) is 0 Å². The van der Waals surface area contributed by atoms with Crippen molar-refractivity contribution in [3.8, 4) is 0 Å². The summed E-state index contributed by atoms with van der Waals surface area (Å²) in [6.45, 7) is 6.87. The molecule has 0 aromatic heterocycles. The molecule has 0 aromatic carbocycles. The van der Waals surface area contributed by atoms with Crippen LogP contribution in [0.2, 0.25) is 0 Å². The SMILES string of the molecule is CC(=O)OCC(COC(C)=O)N(CC(=O)C(C)C)C(C)=O. The second kappa shape index (κ2) is 9.10. The van der Waals surface area contributed by atoms with Crippen LogP contribution in [0.15, 0.2) is 0 Å². The summed E-state index contributed by atoms with van der Waals surface area (Å²) < 4.78 is 9.75. The fraction of sp³-hybridized carbons (Fsp3) is 0.714. The van der Waals surface area contributed by atoms with E-state index in [1.54, 1.807) is 13.8 Å². The van der Waals surface area contributed by atoms with Crippen molar-refractivity contribution in [1.82, 2.24) is 4.90 Å². The molecule has 0 fully saturated rings. The lowest BCUT2D eigenvalue weighted by Crippen LogP contribution is -2.48. The van der Waals surface area contributed by atoms with Crippen LogP contribution in [-0.4, -0.2) is 54.3 Å². The molecule has 0 atom stereocenters. The number of rotatable bonds is 8. The molecule has 0 saturated carbocycles. The van der Waals surface area contributed by atoms with Crippen molar-refractivity contribution in [3.63, 3.8) is 0 Å². The highest BCUT2D eigenvalue weighted by Crippen LogP contribution is 2.07. The molecule has 0 rings (SSSR count). The van der Waals surface area contributed by atoms with Crippen molar-refractivity contribution in [3.05, 3.63) is 0 Å². The zero-order valence-electron chi connectivity index (χ0n) is 13.2. The quantitative estimate of drug-likeness (QED) is 0.608. The van der Waals surface area contributed by atoms with Gasteiger partial charge in [0.25, 0.3) is 0 Å². The summed E-state index contributed by atoms with van der Waals surface area (Å²) in [5, 5.41) is 0. The van der Waals surface area contributed by atoms with Gasteiger partial charge in [0.05, 0.1) is 6.54 Å². The number of Topliss-reactive ketones (excluding diaryl/α,β-unsaturated/α-hetero) is 1. The molecule has 0 spiro atoms. The van der Waals surface area contributed by atoms with Crippen LogP contribution in [0.25, 0.3) is 0 Å². The molecule has 0 unspecified atom stereocenters. The number of ketones is 1. The molecule has 0 aromatic rings. The topological polar surface area (TPSA) is 90.0 Å². The maximum atomic E-state index is 11.8. The number of carbonyl (C=O) groups excluding carboxylic acids is 4. The lowest BCUT2D eigenvalue weighted by atomic mass is 10.1. The number of esters is 2. The van der Waals surface area contributed by atoms with Crippen molar-refractivity contribution in [2.75, 3.05) is 19.8 Å². The van der Waals surface area contributed by atoms with Crippen molar-refractivity contribution in [2.24, 2.45) is 5.92 Å². The molecule has 7 nitrogen and oxygen atoms in total. The fourth-order valence-electron chi connectivity index (χ4n) is 1.50. The molecular formula is C14H23NO6. The predicted molar refractivity (Wildman–Crippen MR) is 74.3 cm³/mol. The number of nitrogens with zero attached hydrogens (tertiary/aromatic N) is 1. The van der Waals surface area contributed by atoms with Gasteiger partial charge in [-0.05, 0) is 0 Å². The summed E-state index contributed by atoms with van der Waals surface area (Å²) in [7, 11) is 0. The van der Waals surface area contributed by atoms with Crippen LogP contribution < -0.4 is 0 Å². The van der Waals surface area contributed by atoms with E-state index in [0.29, 0.717) is 0 Å². The standard InChI is InChI=1S/C14H23NO6/c1-9(2)14(19)6-15(10(3)16)13(7-20-11(4)17)8-21-12(5)18/h9,13H,6-8H2,1-5H3. The van der Waals surface area contributed by atoms with Gasteiger partial charge in [-0.2, -0.15) is 0 Å². The third-order valence-corrected chi connectivity index (χ3v) is 2.77. The summed E-state index contributed by atoms with van der Waals surface area (Å²) in [4.78, 5) is 46.6. The second-order valence-electron chi connectivity index (χ2n) is 5.03. The Morgan fingerprint density at radius 3 is 1.62 bits per heavy atom. The van der Waals surface area contributed by atoms with Gasteiger partial charge in [0.15, 0.2) is 5.78 Å². The van der Waals surface area contributed by atoms with Gasteiger partial charge in [-0.3, -0.25) is 19.2 Å². The second-order valence-corrected chi connectivity index (χ2v) is 5.03. The van der Waals surface area contributed by atoms with Crippen molar-refractivity contribution in [2.45, 2.75) is 40.7 Å². The van der Waals surface area contributed by atoms with Crippen LogP contribution in [0.5, 0.6) is 0 Å². The molecule has 0 radical (unpaired) electrons. The monoisotopic (exact) mass is 301 g/mol. The fourth-order valence-corrected chi connectivity index (χ4v) is 1.50. The van der Waals surface area contributed by atoms with Gasteiger partial charge in [-0.15, -0.1) is 0 Å². The zero-order valence-corrected chi connectivity index (χ0v) is 13.2. The molecule has 120 valence electrons. The van der Waals surface area contributed by atoms with E-state index in [4.69, 9.17) is 9.47 Å². The van der Waals surface area contributed by atoms with E-state index in [9.17, 15) is 19.2 Å². The van der Waals surface area contributed by atoms with Crippen LogP contribution in [-0.2, 0) is 28.7 Å². The summed E-state index contributed by atoms with van der Waals surface area (Å²) >= 11 is 0. The Hall–Kier alpha value is -1.92. The molecule has 7 heteroatoms. The summed E-state index contributed by atoms with van der Waals surface area (Å²) in [5.41, 5.74) is 0. The van der Waals surface area contributed by atoms with Crippen LogP contribution >= 0.6 is 0 Å². The Balaban J connectivity index is 4.97. The first kappa shape index (κ1) is 19.1. The average Bonchev–Trinajstić information content (AvgIpc) is 2.35. The largest absolute Gasteiger partial charge is 0.464 e. The molecule has 0 bridgehead atoms. The number of carbonyl (C=O) groups is 4. The Kier molecular flexibility index (Phi) is 8.26. The normalized spacial score (nSPS) is 10.4. The smallest absolute Gasteiger partial charge is 0.302 e. The molecule has 0 heterocycles.